The Labute approximate surface area is 76.2 Å². The van der Waals surface area contributed by atoms with Crippen molar-refractivity contribution in [3.8, 4) is 0 Å². The van der Waals surface area contributed by atoms with Gasteiger partial charge in [0.1, 0.15) is 5.82 Å². The molecule has 1 aromatic rings. The van der Waals surface area contributed by atoms with Gasteiger partial charge < -0.3 is 16.6 Å². The maximum Gasteiger partial charge on any atom is 0.146 e. The Kier molecular flexibility index (Phi) is 2.54. The summed E-state index contributed by atoms with van der Waals surface area (Å²) in [5.74, 6) is -0.511. The van der Waals surface area contributed by atoms with Crippen molar-refractivity contribution in [1.29, 1.82) is 0 Å². The van der Waals surface area contributed by atoms with Crippen LogP contribution < -0.4 is 11.5 Å². The summed E-state index contributed by atoms with van der Waals surface area (Å²) in [4.78, 5) is 0. The van der Waals surface area contributed by atoms with Gasteiger partial charge in [-0.25, -0.2) is 4.39 Å². The monoisotopic (exact) mass is 184 g/mol. The summed E-state index contributed by atoms with van der Waals surface area (Å²) < 4.78 is 13.0. The Morgan fingerprint density at radius 2 is 2.15 bits per heavy atom. The maximum absolute atomic E-state index is 13.0. The van der Waals surface area contributed by atoms with Crippen molar-refractivity contribution in [2.24, 2.45) is 5.73 Å². The number of rotatable bonds is 2. The molecule has 13 heavy (non-hydrogen) atoms. The Morgan fingerprint density at radius 3 is 2.62 bits per heavy atom. The lowest BCUT2D eigenvalue weighted by Crippen LogP contribution is -2.37. The molecule has 1 rings (SSSR count). The second-order valence-electron chi connectivity index (χ2n) is 3.31. The number of halogens is 1. The number of aliphatic hydroxyl groups is 1. The molecular weight excluding hydrogens is 171 g/mol. The largest absolute Gasteiger partial charge is 0.396 e. The van der Waals surface area contributed by atoms with Crippen molar-refractivity contribution in [3.05, 3.63) is 29.6 Å². The number of hydrogen-bond acceptors (Lipinski definition) is 3. The normalized spacial score (nSPS) is 15.4. The predicted octanol–water partition coefficient (Wildman–Crippen LogP) is 0.574. The highest BCUT2D eigenvalue weighted by atomic mass is 19.1. The Bertz CT molecular complexity index is 312. The first kappa shape index (κ1) is 9.95. The molecule has 72 valence electrons. The first-order valence-corrected chi connectivity index (χ1v) is 3.92. The lowest BCUT2D eigenvalue weighted by atomic mass is 9.94. The second kappa shape index (κ2) is 3.32. The fourth-order valence-electron chi connectivity index (χ4n) is 0.974. The van der Waals surface area contributed by atoms with Gasteiger partial charge in [0.25, 0.3) is 0 Å². The summed E-state index contributed by atoms with van der Waals surface area (Å²) in [6.45, 7) is 1.38. The highest BCUT2D eigenvalue weighted by molar-refractivity contribution is 5.42. The molecule has 4 heteroatoms. The topological polar surface area (TPSA) is 72.3 Å². The average Bonchev–Trinajstić information content (AvgIpc) is 2.09. The maximum atomic E-state index is 13.0. The van der Waals surface area contributed by atoms with E-state index in [1.54, 1.807) is 13.0 Å². The van der Waals surface area contributed by atoms with Crippen molar-refractivity contribution in [3.63, 3.8) is 0 Å². The molecule has 1 aromatic carbocycles. The Hall–Kier alpha value is -1.13. The van der Waals surface area contributed by atoms with E-state index in [0.29, 0.717) is 5.56 Å². The van der Waals surface area contributed by atoms with Crippen LogP contribution >= 0.6 is 0 Å². The number of anilines is 1. The van der Waals surface area contributed by atoms with Gasteiger partial charge in [-0.05, 0) is 24.6 Å². The summed E-state index contributed by atoms with van der Waals surface area (Å²) in [6.07, 6.45) is 0. The molecule has 0 spiro atoms. The minimum absolute atomic E-state index is 0.0810. The summed E-state index contributed by atoms with van der Waals surface area (Å²) >= 11 is 0. The van der Waals surface area contributed by atoms with Crippen LogP contribution in [0.1, 0.15) is 12.5 Å². The molecule has 0 saturated carbocycles. The number of nitrogens with two attached hydrogens (primary N) is 2. The standard InChI is InChI=1S/C9H13FN2O/c1-9(12,5-13)6-2-3-8(11)7(10)4-6/h2-4,13H,5,11-12H2,1H3. The molecule has 0 amide bonds. The van der Waals surface area contributed by atoms with Gasteiger partial charge in [-0.2, -0.15) is 0 Å². The van der Waals surface area contributed by atoms with Gasteiger partial charge >= 0.3 is 0 Å². The minimum Gasteiger partial charge on any atom is -0.396 e. The SMILES string of the molecule is CC(N)(CO)c1ccc(N)c(F)c1. The molecule has 0 aliphatic heterocycles. The average molecular weight is 184 g/mol. The van der Waals surface area contributed by atoms with E-state index in [0.717, 1.165) is 0 Å². The predicted molar refractivity (Wildman–Crippen MR) is 49.4 cm³/mol. The van der Waals surface area contributed by atoms with Crippen molar-refractivity contribution in [2.75, 3.05) is 12.3 Å². The lowest BCUT2D eigenvalue weighted by molar-refractivity contribution is 0.210. The molecule has 0 fully saturated rings. The van der Waals surface area contributed by atoms with Crippen LogP contribution in [-0.2, 0) is 5.54 Å². The molecule has 0 bridgehead atoms. The van der Waals surface area contributed by atoms with Gasteiger partial charge in [-0.15, -0.1) is 0 Å². The van der Waals surface area contributed by atoms with Crippen LogP contribution in [0.3, 0.4) is 0 Å². The molecule has 0 heterocycles. The van der Waals surface area contributed by atoms with Crippen molar-refractivity contribution in [1.82, 2.24) is 0 Å². The molecule has 0 aromatic heterocycles. The van der Waals surface area contributed by atoms with Crippen LogP contribution in [-0.4, -0.2) is 11.7 Å². The zero-order valence-electron chi connectivity index (χ0n) is 7.42. The van der Waals surface area contributed by atoms with Crippen LogP contribution in [0.25, 0.3) is 0 Å². The van der Waals surface area contributed by atoms with Crippen LogP contribution in [0.4, 0.5) is 10.1 Å². The van der Waals surface area contributed by atoms with Gasteiger partial charge in [-0.1, -0.05) is 6.07 Å². The highest BCUT2D eigenvalue weighted by Gasteiger charge is 2.20. The van der Waals surface area contributed by atoms with E-state index in [1.807, 2.05) is 0 Å². The first-order chi connectivity index (χ1) is 5.97. The number of benzene rings is 1. The van der Waals surface area contributed by atoms with Crippen LogP contribution in [0.15, 0.2) is 18.2 Å². The molecule has 1 unspecified atom stereocenters. The van der Waals surface area contributed by atoms with Crippen LogP contribution in [0, 0.1) is 5.82 Å². The summed E-state index contributed by atoms with van der Waals surface area (Å²) in [5, 5.41) is 8.93. The van der Waals surface area contributed by atoms with Gasteiger partial charge in [0.05, 0.1) is 17.8 Å². The van der Waals surface area contributed by atoms with Crippen molar-refractivity contribution < 1.29 is 9.50 Å². The zero-order chi connectivity index (χ0) is 10.1. The molecule has 5 N–H and O–H groups in total. The number of nitrogen functional groups attached to an aromatic ring is 1. The third-order valence-electron chi connectivity index (χ3n) is 1.99. The van der Waals surface area contributed by atoms with E-state index in [-0.39, 0.29) is 12.3 Å². The molecular formula is C9H13FN2O. The number of hydrogen-bond donors (Lipinski definition) is 3. The van der Waals surface area contributed by atoms with Gasteiger partial charge in [-0.3, -0.25) is 0 Å². The van der Waals surface area contributed by atoms with Crippen molar-refractivity contribution >= 4 is 5.69 Å². The van der Waals surface area contributed by atoms with Gasteiger partial charge in [0, 0.05) is 0 Å². The molecule has 0 aliphatic carbocycles. The molecule has 0 radical (unpaired) electrons. The third-order valence-corrected chi connectivity index (χ3v) is 1.99. The molecule has 1 atom stereocenters. The van der Waals surface area contributed by atoms with Crippen molar-refractivity contribution in [2.45, 2.75) is 12.5 Å². The second-order valence-corrected chi connectivity index (χ2v) is 3.31. The first-order valence-electron chi connectivity index (χ1n) is 3.92. The summed E-state index contributed by atoms with van der Waals surface area (Å²) in [6, 6.07) is 4.28. The summed E-state index contributed by atoms with van der Waals surface area (Å²) in [7, 11) is 0. The van der Waals surface area contributed by atoms with Gasteiger partial charge in [0.2, 0.25) is 0 Å². The molecule has 3 nitrogen and oxygen atoms in total. The lowest BCUT2D eigenvalue weighted by Gasteiger charge is -2.22. The summed E-state index contributed by atoms with van der Waals surface area (Å²) in [5.41, 5.74) is 10.7. The van der Waals surface area contributed by atoms with Crippen LogP contribution in [0.5, 0.6) is 0 Å². The minimum atomic E-state index is -0.922. The Morgan fingerprint density at radius 1 is 1.54 bits per heavy atom. The van der Waals surface area contributed by atoms with E-state index in [4.69, 9.17) is 16.6 Å². The van der Waals surface area contributed by atoms with Crippen LogP contribution in [0.2, 0.25) is 0 Å². The number of aliphatic hydroxyl groups excluding tert-OH is 1. The van der Waals surface area contributed by atoms with Gasteiger partial charge in [0.15, 0.2) is 0 Å². The van der Waals surface area contributed by atoms with E-state index in [1.165, 1.54) is 12.1 Å². The van der Waals surface area contributed by atoms with E-state index >= 15 is 0 Å². The third kappa shape index (κ3) is 1.96. The highest BCUT2D eigenvalue weighted by Crippen LogP contribution is 2.20. The van der Waals surface area contributed by atoms with E-state index < -0.39 is 11.4 Å². The fourth-order valence-corrected chi connectivity index (χ4v) is 0.974. The van der Waals surface area contributed by atoms with E-state index in [9.17, 15) is 4.39 Å². The molecule has 0 aliphatic rings. The van der Waals surface area contributed by atoms with E-state index in [2.05, 4.69) is 0 Å². The Balaban J connectivity index is 3.10. The quantitative estimate of drug-likeness (QED) is 0.588. The smallest absolute Gasteiger partial charge is 0.146 e. The molecule has 0 saturated heterocycles. The zero-order valence-corrected chi connectivity index (χ0v) is 7.42. The fraction of sp³-hybridized carbons (Fsp3) is 0.333.